The first-order valence-corrected chi connectivity index (χ1v) is 4.53. The number of aliphatic hydroxyl groups is 1. The molecule has 0 fully saturated rings. The molecule has 0 saturated carbocycles. The van der Waals surface area contributed by atoms with E-state index in [0.29, 0.717) is 11.4 Å². The second kappa shape index (κ2) is 3.78. The Morgan fingerprint density at radius 3 is 2.53 bits per heavy atom. The van der Waals surface area contributed by atoms with Crippen molar-refractivity contribution in [3.8, 4) is 5.69 Å². The van der Waals surface area contributed by atoms with Crippen LogP contribution in [-0.4, -0.2) is 20.1 Å². The monoisotopic (exact) mass is 207 g/mol. The fraction of sp³-hybridized carbons (Fsp3) is 0.200. The molecule has 1 N–H and O–H groups in total. The number of hydrogen-bond donors (Lipinski definition) is 1. The molecule has 2 aromatic rings. The van der Waals surface area contributed by atoms with Gasteiger partial charge in [-0.05, 0) is 31.2 Å². The summed E-state index contributed by atoms with van der Waals surface area (Å²) in [7, 11) is 0. The summed E-state index contributed by atoms with van der Waals surface area (Å²) in [6, 6.07) is 5.88. The van der Waals surface area contributed by atoms with E-state index in [2.05, 4.69) is 10.3 Å². The summed E-state index contributed by atoms with van der Waals surface area (Å²) < 4.78 is 14.1. The summed E-state index contributed by atoms with van der Waals surface area (Å²) >= 11 is 0. The average molecular weight is 207 g/mol. The molecule has 1 heterocycles. The third-order valence-corrected chi connectivity index (χ3v) is 2.03. The molecule has 1 aromatic carbocycles. The van der Waals surface area contributed by atoms with Gasteiger partial charge in [-0.3, -0.25) is 0 Å². The molecular formula is C10H10FN3O. The highest BCUT2D eigenvalue weighted by Crippen LogP contribution is 2.11. The Kier molecular flexibility index (Phi) is 2.47. The Morgan fingerprint density at radius 2 is 2.00 bits per heavy atom. The second-order valence-electron chi connectivity index (χ2n) is 3.24. The van der Waals surface area contributed by atoms with Crippen LogP contribution < -0.4 is 0 Å². The first-order chi connectivity index (χ1) is 7.16. The maximum absolute atomic E-state index is 12.7. The summed E-state index contributed by atoms with van der Waals surface area (Å²) in [6.07, 6.45) is 0.956. The Labute approximate surface area is 86.0 Å². The van der Waals surface area contributed by atoms with Gasteiger partial charge in [-0.1, -0.05) is 5.21 Å². The molecule has 78 valence electrons. The lowest BCUT2D eigenvalue weighted by atomic mass is 10.3. The van der Waals surface area contributed by atoms with Crippen molar-refractivity contribution in [2.75, 3.05) is 0 Å². The molecular weight excluding hydrogens is 197 g/mol. The molecule has 0 aliphatic carbocycles. The molecule has 0 aliphatic heterocycles. The van der Waals surface area contributed by atoms with Crippen LogP contribution in [-0.2, 0) is 0 Å². The highest BCUT2D eigenvalue weighted by molar-refractivity contribution is 5.30. The lowest BCUT2D eigenvalue weighted by molar-refractivity contribution is 0.194. The van der Waals surface area contributed by atoms with Gasteiger partial charge in [-0.15, -0.1) is 5.10 Å². The molecule has 2 rings (SSSR count). The van der Waals surface area contributed by atoms with Gasteiger partial charge in [0.1, 0.15) is 11.5 Å². The number of hydrogen-bond acceptors (Lipinski definition) is 3. The van der Waals surface area contributed by atoms with E-state index in [1.165, 1.54) is 16.8 Å². The van der Waals surface area contributed by atoms with Crippen LogP contribution in [0.2, 0.25) is 0 Å². The zero-order chi connectivity index (χ0) is 10.8. The fourth-order valence-electron chi connectivity index (χ4n) is 1.19. The Balaban J connectivity index is 2.33. The summed E-state index contributed by atoms with van der Waals surface area (Å²) in [5, 5.41) is 16.9. The summed E-state index contributed by atoms with van der Waals surface area (Å²) in [5.74, 6) is -0.297. The molecule has 0 radical (unpaired) electrons. The first-order valence-electron chi connectivity index (χ1n) is 4.53. The number of nitrogens with zero attached hydrogens (tertiary/aromatic N) is 3. The molecule has 15 heavy (non-hydrogen) atoms. The van der Waals surface area contributed by atoms with Crippen LogP contribution in [0.5, 0.6) is 0 Å². The van der Waals surface area contributed by atoms with E-state index >= 15 is 0 Å². The average Bonchev–Trinajstić information content (AvgIpc) is 2.68. The minimum atomic E-state index is -0.654. The van der Waals surface area contributed by atoms with Crippen molar-refractivity contribution < 1.29 is 9.50 Å². The second-order valence-corrected chi connectivity index (χ2v) is 3.24. The van der Waals surface area contributed by atoms with Crippen LogP contribution >= 0.6 is 0 Å². The Bertz CT molecular complexity index is 450. The first kappa shape index (κ1) is 9.79. The van der Waals surface area contributed by atoms with Crippen molar-refractivity contribution in [1.29, 1.82) is 0 Å². The molecule has 0 unspecified atom stereocenters. The van der Waals surface area contributed by atoms with Crippen LogP contribution in [0.1, 0.15) is 18.7 Å². The van der Waals surface area contributed by atoms with Gasteiger partial charge < -0.3 is 5.11 Å². The van der Waals surface area contributed by atoms with E-state index in [-0.39, 0.29) is 5.82 Å². The van der Waals surface area contributed by atoms with E-state index in [1.54, 1.807) is 25.3 Å². The molecule has 1 atom stereocenters. The Morgan fingerprint density at radius 1 is 1.33 bits per heavy atom. The van der Waals surface area contributed by atoms with E-state index in [1.807, 2.05) is 0 Å². The van der Waals surface area contributed by atoms with Crippen LogP contribution in [0.15, 0.2) is 30.5 Å². The quantitative estimate of drug-likeness (QED) is 0.811. The van der Waals surface area contributed by atoms with Crippen molar-refractivity contribution >= 4 is 0 Å². The summed E-state index contributed by atoms with van der Waals surface area (Å²) in [4.78, 5) is 0. The third kappa shape index (κ3) is 2.02. The van der Waals surface area contributed by atoms with Crippen LogP contribution in [0.25, 0.3) is 5.69 Å². The Hall–Kier alpha value is -1.75. The topological polar surface area (TPSA) is 50.9 Å². The molecule has 0 amide bonds. The molecule has 0 aliphatic rings. The van der Waals surface area contributed by atoms with Crippen LogP contribution in [0, 0.1) is 5.82 Å². The summed E-state index contributed by atoms with van der Waals surface area (Å²) in [6.45, 7) is 1.61. The van der Waals surface area contributed by atoms with Gasteiger partial charge in [0, 0.05) is 0 Å². The maximum Gasteiger partial charge on any atom is 0.123 e. The smallest absolute Gasteiger partial charge is 0.123 e. The minimum Gasteiger partial charge on any atom is -0.387 e. The highest BCUT2D eigenvalue weighted by atomic mass is 19.1. The minimum absolute atomic E-state index is 0.297. The molecule has 0 saturated heterocycles. The molecule has 0 bridgehead atoms. The van der Waals surface area contributed by atoms with Crippen LogP contribution in [0.4, 0.5) is 4.39 Å². The number of rotatable bonds is 2. The van der Waals surface area contributed by atoms with Crippen molar-refractivity contribution in [3.63, 3.8) is 0 Å². The van der Waals surface area contributed by atoms with Gasteiger partial charge in [-0.25, -0.2) is 9.07 Å². The molecule has 5 heteroatoms. The van der Waals surface area contributed by atoms with Crippen LogP contribution in [0.3, 0.4) is 0 Å². The van der Waals surface area contributed by atoms with Gasteiger partial charge in [0.05, 0.1) is 18.0 Å². The number of aliphatic hydroxyl groups excluding tert-OH is 1. The predicted molar refractivity (Wildman–Crippen MR) is 52.0 cm³/mol. The number of benzene rings is 1. The normalized spacial score (nSPS) is 12.7. The maximum atomic E-state index is 12.7. The van der Waals surface area contributed by atoms with Gasteiger partial charge in [0.25, 0.3) is 0 Å². The highest BCUT2D eigenvalue weighted by Gasteiger charge is 2.07. The van der Waals surface area contributed by atoms with Crippen molar-refractivity contribution in [3.05, 3.63) is 42.0 Å². The van der Waals surface area contributed by atoms with E-state index in [9.17, 15) is 9.50 Å². The molecule has 4 nitrogen and oxygen atoms in total. The number of halogens is 1. The largest absolute Gasteiger partial charge is 0.387 e. The van der Waals surface area contributed by atoms with Gasteiger partial charge in [0.2, 0.25) is 0 Å². The number of aromatic nitrogens is 3. The zero-order valence-corrected chi connectivity index (χ0v) is 8.13. The van der Waals surface area contributed by atoms with Crippen molar-refractivity contribution in [2.45, 2.75) is 13.0 Å². The third-order valence-electron chi connectivity index (χ3n) is 2.03. The zero-order valence-electron chi connectivity index (χ0n) is 8.13. The van der Waals surface area contributed by atoms with E-state index in [0.717, 1.165) is 0 Å². The van der Waals surface area contributed by atoms with Crippen molar-refractivity contribution in [1.82, 2.24) is 15.0 Å². The summed E-state index contributed by atoms with van der Waals surface area (Å²) in [5.41, 5.74) is 1.19. The lowest BCUT2D eigenvalue weighted by Gasteiger charge is -1.98. The predicted octanol–water partition coefficient (Wildman–Crippen LogP) is 1.46. The SMILES string of the molecule is C[C@H](O)c1cn(-c2ccc(F)cc2)nn1. The van der Waals surface area contributed by atoms with Gasteiger partial charge in [-0.2, -0.15) is 0 Å². The fourth-order valence-corrected chi connectivity index (χ4v) is 1.19. The molecule has 1 aromatic heterocycles. The van der Waals surface area contributed by atoms with Gasteiger partial charge in [0.15, 0.2) is 0 Å². The molecule has 0 spiro atoms. The van der Waals surface area contributed by atoms with E-state index in [4.69, 9.17) is 0 Å². The lowest BCUT2D eigenvalue weighted by Crippen LogP contribution is -1.94. The standard InChI is InChI=1S/C10H10FN3O/c1-7(15)10-6-14(13-12-10)9-4-2-8(11)3-5-9/h2-7,15H,1H3/t7-/m0/s1. The van der Waals surface area contributed by atoms with E-state index < -0.39 is 6.10 Å². The van der Waals surface area contributed by atoms with Gasteiger partial charge >= 0.3 is 0 Å². The van der Waals surface area contributed by atoms with Crippen molar-refractivity contribution in [2.24, 2.45) is 0 Å².